The molecule has 0 bridgehead atoms. The topological polar surface area (TPSA) is 57.6 Å². The van der Waals surface area contributed by atoms with E-state index < -0.39 is 35.5 Å². The van der Waals surface area contributed by atoms with Crippen LogP contribution in [0.15, 0.2) is 24.3 Å². The molecule has 0 spiro atoms. The Kier molecular flexibility index (Phi) is 4.13. The monoisotopic (exact) mass is 279 g/mol. The summed E-state index contributed by atoms with van der Waals surface area (Å²) in [6, 6.07) is 2.38. The highest BCUT2D eigenvalue weighted by Crippen LogP contribution is 2.27. The number of carboxylic acid groups (broad SMARTS) is 1. The number of benzene rings is 1. The molecule has 4 nitrogen and oxygen atoms in total. The van der Waals surface area contributed by atoms with Crippen LogP contribution in [0.5, 0.6) is 0 Å². The number of carboxylic acids is 1. The fourth-order valence-corrected chi connectivity index (χ4v) is 1.52. The van der Waals surface area contributed by atoms with Gasteiger partial charge >= 0.3 is 18.1 Å². The second-order valence-corrected chi connectivity index (χ2v) is 3.68. The smallest absolute Gasteiger partial charge is 0.471 e. The van der Waals surface area contributed by atoms with Crippen molar-refractivity contribution in [3.05, 3.63) is 35.6 Å². The van der Waals surface area contributed by atoms with E-state index in [1.807, 2.05) is 0 Å². The lowest BCUT2D eigenvalue weighted by Crippen LogP contribution is -2.43. The molecule has 8 heteroatoms. The van der Waals surface area contributed by atoms with Crippen molar-refractivity contribution in [2.45, 2.75) is 12.2 Å². The van der Waals surface area contributed by atoms with Crippen molar-refractivity contribution in [2.75, 3.05) is 7.05 Å². The van der Waals surface area contributed by atoms with Crippen LogP contribution in [0.3, 0.4) is 0 Å². The van der Waals surface area contributed by atoms with Crippen LogP contribution >= 0.6 is 0 Å². The molecule has 1 rings (SSSR count). The molecule has 1 N–H and O–H groups in total. The van der Waals surface area contributed by atoms with Crippen LogP contribution in [-0.2, 0) is 9.59 Å². The number of rotatable bonds is 3. The predicted octanol–water partition coefficient (Wildman–Crippen LogP) is 1.97. The van der Waals surface area contributed by atoms with Gasteiger partial charge in [-0.25, -0.2) is 9.18 Å². The molecule has 0 radical (unpaired) electrons. The van der Waals surface area contributed by atoms with Crippen LogP contribution in [0.25, 0.3) is 0 Å². The van der Waals surface area contributed by atoms with Gasteiger partial charge in [0.2, 0.25) is 0 Å². The molecule has 1 aromatic rings. The number of alkyl halides is 3. The normalized spacial score (nSPS) is 12.9. The van der Waals surface area contributed by atoms with E-state index in [-0.39, 0.29) is 4.90 Å². The summed E-state index contributed by atoms with van der Waals surface area (Å²) in [5.41, 5.74) is -0.518. The molecule has 0 aliphatic carbocycles. The van der Waals surface area contributed by atoms with E-state index in [9.17, 15) is 27.2 Å². The molecule has 19 heavy (non-hydrogen) atoms. The first-order chi connectivity index (χ1) is 8.66. The van der Waals surface area contributed by atoms with Crippen molar-refractivity contribution in [2.24, 2.45) is 0 Å². The van der Waals surface area contributed by atoms with Crippen LogP contribution < -0.4 is 0 Å². The Morgan fingerprint density at radius 3 is 2.21 bits per heavy atom. The first-order valence-electron chi connectivity index (χ1n) is 4.97. The van der Waals surface area contributed by atoms with Crippen LogP contribution in [0.2, 0.25) is 0 Å². The zero-order valence-corrected chi connectivity index (χ0v) is 9.61. The Bertz CT molecular complexity index is 501. The zero-order valence-electron chi connectivity index (χ0n) is 9.61. The SMILES string of the molecule is CN(C(=O)C(F)(F)F)C(C(=O)O)c1ccccc1F. The second kappa shape index (κ2) is 5.25. The number of hydrogen-bond acceptors (Lipinski definition) is 2. The molecule has 104 valence electrons. The largest absolute Gasteiger partial charge is 0.479 e. The van der Waals surface area contributed by atoms with E-state index in [1.165, 1.54) is 12.1 Å². The van der Waals surface area contributed by atoms with E-state index in [1.54, 1.807) is 0 Å². The first kappa shape index (κ1) is 14.9. The molecule has 0 aliphatic heterocycles. The maximum Gasteiger partial charge on any atom is 0.471 e. The van der Waals surface area contributed by atoms with Crippen molar-refractivity contribution in [1.29, 1.82) is 0 Å². The van der Waals surface area contributed by atoms with Crippen molar-refractivity contribution in [3.8, 4) is 0 Å². The molecular weight excluding hydrogens is 270 g/mol. The number of carbonyl (C=O) groups excluding carboxylic acids is 1. The standard InChI is InChI=1S/C11H9F4NO3/c1-16(10(19)11(13,14)15)8(9(17)18)6-4-2-3-5-7(6)12/h2-5,8H,1H3,(H,17,18). The van der Waals surface area contributed by atoms with E-state index in [2.05, 4.69) is 0 Å². The highest BCUT2D eigenvalue weighted by molar-refractivity contribution is 5.87. The number of carbonyl (C=O) groups is 2. The molecule has 0 saturated carbocycles. The van der Waals surface area contributed by atoms with Crippen LogP contribution in [0, 0.1) is 5.82 Å². The van der Waals surface area contributed by atoms with Crippen LogP contribution in [-0.4, -0.2) is 35.1 Å². The average molecular weight is 279 g/mol. The van der Waals surface area contributed by atoms with Crippen molar-refractivity contribution in [3.63, 3.8) is 0 Å². The summed E-state index contributed by atoms with van der Waals surface area (Å²) in [7, 11) is 0.654. The summed E-state index contributed by atoms with van der Waals surface area (Å²) in [5.74, 6) is -5.12. The summed E-state index contributed by atoms with van der Waals surface area (Å²) in [6.45, 7) is 0. The molecule has 1 amide bonds. The van der Waals surface area contributed by atoms with Crippen molar-refractivity contribution >= 4 is 11.9 Å². The molecule has 1 aromatic carbocycles. The van der Waals surface area contributed by atoms with Gasteiger partial charge in [0.1, 0.15) is 5.82 Å². The summed E-state index contributed by atoms with van der Waals surface area (Å²) >= 11 is 0. The Balaban J connectivity index is 3.20. The van der Waals surface area contributed by atoms with Gasteiger partial charge < -0.3 is 10.0 Å². The highest BCUT2D eigenvalue weighted by Gasteiger charge is 2.45. The Morgan fingerprint density at radius 2 is 1.79 bits per heavy atom. The van der Waals surface area contributed by atoms with E-state index in [4.69, 9.17) is 5.11 Å². The molecule has 0 heterocycles. The van der Waals surface area contributed by atoms with E-state index >= 15 is 0 Å². The number of aliphatic carboxylic acids is 1. The lowest BCUT2D eigenvalue weighted by molar-refractivity contribution is -0.188. The summed E-state index contributed by atoms with van der Waals surface area (Å²) in [6.07, 6.45) is -5.23. The minimum Gasteiger partial charge on any atom is -0.479 e. The maximum atomic E-state index is 13.4. The van der Waals surface area contributed by atoms with Gasteiger partial charge in [-0.3, -0.25) is 4.79 Å². The van der Waals surface area contributed by atoms with Gasteiger partial charge in [-0.15, -0.1) is 0 Å². The summed E-state index contributed by atoms with van der Waals surface area (Å²) < 4.78 is 50.2. The minimum absolute atomic E-state index is 0.0548. The third-order valence-electron chi connectivity index (χ3n) is 2.38. The fraction of sp³-hybridized carbons (Fsp3) is 0.273. The number of nitrogens with zero attached hydrogens (tertiary/aromatic N) is 1. The maximum absolute atomic E-state index is 13.4. The van der Waals surface area contributed by atoms with Crippen LogP contribution in [0.4, 0.5) is 17.6 Å². The number of halogens is 4. The van der Waals surface area contributed by atoms with Crippen LogP contribution in [0.1, 0.15) is 11.6 Å². The van der Waals surface area contributed by atoms with Gasteiger partial charge in [-0.2, -0.15) is 13.2 Å². The highest BCUT2D eigenvalue weighted by atomic mass is 19.4. The van der Waals surface area contributed by atoms with E-state index in [0.717, 1.165) is 12.1 Å². The van der Waals surface area contributed by atoms with Gasteiger partial charge in [0.15, 0.2) is 6.04 Å². The molecule has 0 fully saturated rings. The lowest BCUT2D eigenvalue weighted by atomic mass is 10.1. The van der Waals surface area contributed by atoms with Gasteiger partial charge in [0, 0.05) is 12.6 Å². The lowest BCUT2D eigenvalue weighted by Gasteiger charge is -2.26. The summed E-state index contributed by atoms with van der Waals surface area (Å²) in [5, 5.41) is 8.91. The third kappa shape index (κ3) is 3.21. The predicted molar refractivity (Wildman–Crippen MR) is 55.6 cm³/mol. The average Bonchev–Trinajstić information content (AvgIpc) is 2.29. The number of likely N-dealkylation sites (N-methyl/N-ethyl adjacent to an activating group) is 1. The molecular formula is C11H9F4NO3. The van der Waals surface area contributed by atoms with Gasteiger partial charge in [-0.05, 0) is 6.07 Å². The third-order valence-corrected chi connectivity index (χ3v) is 2.38. The molecule has 0 aliphatic rings. The van der Waals surface area contributed by atoms with Gasteiger partial charge in [-0.1, -0.05) is 18.2 Å². The number of amides is 1. The zero-order chi connectivity index (χ0) is 14.8. The molecule has 0 aromatic heterocycles. The van der Waals surface area contributed by atoms with Gasteiger partial charge in [0.25, 0.3) is 0 Å². The molecule has 0 saturated heterocycles. The van der Waals surface area contributed by atoms with Crippen molar-refractivity contribution < 1.29 is 32.3 Å². The minimum atomic E-state index is -5.23. The molecule has 1 unspecified atom stereocenters. The second-order valence-electron chi connectivity index (χ2n) is 3.68. The Hall–Kier alpha value is -2.12. The Morgan fingerprint density at radius 1 is 1.26 bits per heavy atom. The molecule has 1 atom stereocenters. The quantitative estimate of drug-likeness (QED) is 0.861. The fourth-order valence-electron chi connectivity index (χ4n) is 1.52. The van der Waals surface area contributed by atoms with E-state index in [0.29, 0.717) is 7.05 Å². The Labute approximate surface area is 105 Å². The number of hydrogen-bond donors (Lipinski definition) is 1. The summed E-state index contributed by atoms with van der Waals surface area (Å²) in [4.78, 5) is 22.0. The van der Waals surface area contributed by atoms with Crippen molar-refractivity contribution in [1.82, 2.24) is 4.90 Å². The van der Waals surface area contributed by atoms with Gasteiger partial charge in [0.05, 0.1) is 0 Å². The first-order valence-corrected chi connectivity index (χ1v) is 4.97.